The molecule has 0 aliphatic carbocycles. The molecule has 2 N–H and O–H groups in total. The highest BCUT2D eigenvalue weighted by molar-refractivity contribution is 14.0. The van der Waals surface area contributed by atoms with Gasteiger partial charge in [0.25, 0.3) is 0 Å². The lowest BCUT2D eigenvalue weighted by atomic mass is 10.1. The molecule has 0 bridgehead atoms. The maximum atomic E-state index is 6.00. The van der Waals surface area contributed by atoms with Crippen molar-refractivity contribution in [3.05, 3.63) is 71.0 Å². The number of aryl methyl sites for hydroxylation is 1. The largest absolute Gasteiger partial charge is 0.459 e. The number of halogens is 1. The number of aliphatic imine (C=N–C) groups is 1. The number of furan rings is 1. The summed E-state index contributed by atoms with van der Waals surface area (Å²) in [6.07, 6.45) is 0. The van der Waals surface area contributed by atoms with Crippen LogP contribution in [0.4, 0.5) is 0 Å². The minimum absolute atomic E-state index is 0. The number of hydrogen-bond acceptors (Lipinski definition) is 4. The fourth-order valence-electron chi connectivity index (χ4n) is 3.84. The minimum Gasteiger partial charge on any atom is -0.459 e. The van der Waals surface area contributed by atoms with E-state index in [9.17, 15) is 0 Å². The predicted octanol–water partition coefficient (Wildman–Crippen LogP) is 4.06. The number of nitrogens with zero attached hydrogens (tertiary/aromatic N) is 2. The van der Waals surface area contributed by atoms with Crippen molar-refractivity contribution in [2.75, 3.05) is 33.4 Å². The van der Waals surface area contributed by atoms with Gasteiger partial charge in [-0.15, -0.1) is 24.0 Å². The zero-order valence-electron chi connectivity index (χ0n) is 18.2. The van der Waals surface area contributed by atoms with Gasteiger partial charge in [-0.25, -0.2) is 0 Å². The summed E-state index contributed by atoms with van der Waals surface area (Å²) < 4.78 is 11.5. The SMILES string of the molecule is CN=C(NCc1ccccc1CN1CCOCC1)NCc1oc2ccccc2c1C.I. The zero-order valence-corrected chi connectivity index (χ0v) is 20.5. The average molecular weight is 534 g/mol. The molecule has 1 saturated heterocycles. The molecule has 6 nitrogen and oxygen atoms in total. The molecule has 0 radical (unpaired) electrons. The molecule has 1 fully saturated rings. The number of benzene rings is 2. The molecule has 166 valence electrons. The third kappa shape index (κ3) is 5.99. The van der Waals surface area contributed by atoms with Crippen LogP contribution < -0.4 is 10.6 Å². The molecule has 4 rings (SSSR count). The van der Waals surface area contributed by atoms with Gasteiger partial charge in [0.05, 0.1) is 19.8 Å². The van der Waals surface area contributed by atoms with Crippen molar-refractivity contribution in [2.24, 2.45) is 4.99 Å². The quantitative estimate of drug-likeness (QED) is 0.284. The number of guanidine groups is 1. The van der Waals surface area contributed by atoms with Gasteiger partial charge in [-0.1, -0.05) is 42.5 Å². The van der Waals surface area contributed by atoms with Crippen molar-refractivity contribution >= 4 is 40.9 Å². The maximum Gasteiger partial charge on any atom is 0.191 e. The van der Waals surface area contributed by atoms with Gasteiger partial charge < -0.3 is 19.8 Å². The van der Waals surface area contributed by atoms with E-state index < -0.39 is 0 Å². The van der Waals surface area contributed by atoms with Crippen LogP contribution in [0, 0.1) is 6.92 Å². The standard InChI is InChI=1S/C24H30N4O2.HI/c1-18-21-9-5-6-10-22(21)30-23(18)16-27-24(25-2)26-15-19-7-3-4-8-20(19)17-28-11-13-29-14-12-28;/h3-10H,11-17H2,1-2H3,(H2,25,26,27);1H. The molecule has 2 heterocycles. The fraction of sp³-hybridized carbons (Fsp3) is 0.375. The first-order valence-electron chi connectivity index (χ1n) is 10.5. The molecule has 31 heavy (non-hydrogen) atoms. The topological polar surface area (TPSA) is 62.0 Å². The molecular formula is C24H31IN4O2. The second-order valence-corrected chi connectivity index (χ2v) is 7.58. The lowest BCUT2D eigenvalue weighted by molar-refractivity contribution is 0.0341. The lowest BCUT2D eigenvalue weighted by Gasteiger charge is -2.27. The molecule has 1 aliphatic rings. The smallest absolute Gasteiger partial charge is 0.191 e. The summed E-state index contributed by atoms with van der Waals surface area (Å²) >= 11 is 0. The summed E-state index contributed by atoms with van der Waals surface area (Å²) in [5, 5.41) is 7.98. The van der Waals surface area contributed by atoms with Crippen molar-refractivity contribution in [1.82, 2.24) is 15.5 Å². The zero-order chi connectivity index (χ0) is 20.8. The molecule has 2 aromatic carbocycles. The maximum absolute atomic E-state index is 6.00. The van der Waals surface area contributed by atoms with Crippen LogP contribution in [0.5, 0.6) is 0 Å². The summed E-state index contributed by atoms with van der Waals surface area (Å²) in [6, 6.07) is 16.7. The van der Waals surface area contributed by atoms with Crippen LogP contribution in [0.1, 0.15) is 22.5 Å². The molecule has 3 aromatic rings. The van der Waals surface area contributed by atoms with Gasteiger partial charge in [-0.2, -0.15) is 0 Å². The van der Waals surface area contributed by atoms with Gasteiger partial charge in [-0.3, -0.25) is 9.89 Å². The normalized spacial score (nSPS) is 15.0. The second-order valence-electron chi connectivity index (χ2n) is 7.58. The van der Waals surface area contributed by atoms with Crippen molar-refractivity contribution in [3.63, 3.8) is 0 Å². The Morgan fingerprint density at radius 2 is 1.65 bits per heavy atom. The van der Waals surface area contributed by atoms with Crippen molar-refractivity contribution in [1.29, 1.82) is 0 Å². The first-order chi connectivity index (χ1) is 14.7. The molecule has 0 spiro atoms. The van der Waals surface area contributed by atoms with Crippen LogP contribution in [0.2, 0.25) is 0 Å². The molecule has 1 aliphatic heterocycles. The Bertz CT molecular complexity index is 1010. The van der Waals surface area contributed by atoms with E-state index >= 15 is 0 Å². The van der Waals surface area contributed by atoms with Gasteiger partial charge in [0.2, 0.25) is 0 Å². The molecule has 0 atom stereocenters. The highest BCUT2D eigenvalue weighted by Gasteiger charge is 2.13. The third-order valence-electron chi connectivity index (χ3n) is 5.64. The van der Waals surface area contributed by atoms with Crippen molar-refractivity contribution in [2.45, 2.75) is 26.6 Å². The summed E-state index contributed by atoms with van der Waals surface area (Å²) in [5.74, 6) is 1.70. The van der Waals surface area contributed by atoms with Crippen LogP contribution in [-0.2, 0) is 24.4 Å². The van der Waals surface area contributed by atoms with E-state index in [0.29, 0.717) is 6.54 Å². The number of para-hydroxylation sites is 1. The monoisotopic (exact) mass is 534 g/mol. The average Bonchev–Trinajstić information content (AvgIpc) is 3.11. The van der Waals surface area contributed by atoms with Crippen molar-refractivity contribution in [3.8, 4) is 0 Å². The fourth-order valence-corrected chi connectivity index (χ4v) is 3.84. The van der Waals surface area contributed by atoms with Crippen molar-refractivity contribution < 1.29 is 9.15 Å². The Morgan fingerprint density at radius 3 is 2.39 bits per heavy atom. The molecule has 0 unspecified atom stereocenters. The van der Waals surface area contributed by atoms with Crippen LogP contribution in [0.15, 0.2) is 57.9 Å². The Hall–Kier alpha value is -2.10. The van der Waals surface area contributed by atoms with E-state index in [0.717, 1.165) is 62.1 Å². The highest BCUT2D eigenvalue weighted by Crippen LogP contribution is 2.24. The number of rotatable bonds is 6. The lowest BCUT2D eigenvalue weighted by Crippen LogP contribution is -2.37. The molecule has 7 heteroatoms. The van der Waals surface area contributed by atoms with E-state index in [-0.39, 0.29) is 24.0 Å². The Kier molecular flexibility index (Phi) is 8.74. The first-order valence-corrected chi connectivity index (χ1v) is 10.5. The van der Waals surface area contributed by atoms with E-state index in [1.807, 2.05) is 18.2 Å². The highest BCUT2D eigenvalue weighted by atomic mass is 127. The Labute approximate surface area is 201 Å². The molecule has 0 amide bonds. The summed E-state index contributed by atoms with van der Waals surface area (Å²) in [5.41, 5.74) is 4.72. The number of hydrogen-bond donors (Lipinski definition) is 2. The molecular weight excluding hydrogens is 503 g/mol. The Balaban J connectivity index is 0.00000272. The predicted molar refractivity (Wildman–Crippen MR) is 136 cm³/mol. The van der Waals surface area contributed by atoms with Crippen LogP contribution in [0.3, 0.4) is 0 Å². The van der Waals surface area contributed by atoms with E-state index in [1.54, 1.807) is 7.05 Å². The first kappa shape index (κ1) is 23.6. The number of morpholine rings is 1. The minimum atomic E-state index is 0. The number of nitrogens with one attached hydrogen (secondary N) is 2. The second kappa shape index (κ2) is 11.5. The van der Waals surface area contributed by atoms with E-state index in [4.69, 9.17) is 9.15 Å². The van der Waals surface area contributed by atoms with Gasteiger partial charge in [0.1, 0.15) is 11.3 Å². The molecule has 1 aromatic heterocycles. The Morgan fingerprint density at radius 1 is 0.968 bits per heavy atom. The third-order valence-corrected chi connectivity index (χ3v) is 5.64. The summed E-state index contributed by atoms with van der Waals surface area (Å²) in [6.45, 7) is 7.97. The van der Waals surface area contributed by atoms with Gasteiger partial charge >= 0.3 is 0 Å². The van der Waals surface area contributed by atoms with Gasteiger partial charge in [0, 0.05) is 44.2 Å². The number of fused-ring (bicyclic) bond motifs is 1. The van der Waals surface area contributed by atoms with E-state index in [2.05, 4.69) is 57.8 Å². The van der Waals surface area contributed by atoms with Gasteiger partial charge in [-0.05, 0) is 24.1 Å². The molecule has 0 saturated carbocycles. The summed E-state index contributed by atoms with van der Waals surface area (Å²) in [7, 11) is 1.79. The van der Waals surface area contributed by atoms with Crippen LogP contribution in [-0.4, -0.2) is 44.2 Å². The summed E-state index contributed by atoms with van der Waals surface area (Å²) in [4.78, 5) is 6.82. The van der Waals surface area contributed by atoms with Gasteiger partial charge in [0.15, 0.2) is 5.96 Å². The van der Waals surface area contributed by atoms with Crippen LogP contribution >= 0.6 is 24.0 Å². The van der Waals surface area contributed by atoms with Crippen LogP contribution in [0.25, 0.3) is 11.0 Å². The van der Waals surface area contributed by atoms with E-state index in [1.165, 1.54) is 16.7 Å². The number of ether oxygens (including phenoxy) is 1.